The van der Waals surface area contributed by atoms with E-state index >= 15 is 0 Å². The predicted octanol–water partition coefficient (Wildman–Crippen LogP) is 5.16. The highest BCUT2D eigenvalue weighted by Gasteiger charge is 2.35. The number of carbonyl (C=O) groups excluding carboxylic acids is 2. The zero-order valence-electron chi connectivity index (χ0n) is 18.4. The van der Waals surface area contributed by atoms with E-state index in [2.05, 4.69) is 10.3 Å². The Balaban J connectivity index is 1.68. The number of ether oxygens (including phenoxy) is 2. The van der Waals surface area contributed by atoms with Crippen LogP contribution in [0.5, 0.6) is 0 Å². The van der Waals surface area contributed by atoms with Crippen molar-refractivity contribution in [2.24, 2.45) is 0 Å². The fourth-order valence-electron chi connectivity index (χ4n) is 3.97. The molecule has 2 atom stereocenters. The van der Waals surface area contributed by atoms with E-state index in [9.17, 15) is 9.59 Å². The highest BCUT2D eigenvalue weighted by Crippen LogP contribution is 2.34. The van der Waals surface area contributed by atoms with Crippen molar-refractivity contribution in [2.75, 3.05) is 6.61 Å². The van der Waals surface area contributed by atoms with Gasteiger partial charge in [-0.05, 0) is 29.7 Å². The maximum atomic E-state index is 13.1. The van der Waals surface area contributed by atoms with Crippen LogP contribution in [0.3, 0.4) is 0 Å². The fraction of sp³-hybridized carbons (Fsp3) is 0.185. The second kappa shape index (κ2) is 10.5. The molecule has 0 spiro atoms. The average molecular weight is 443 g/mol. The molecule has 0 aliphatic carbocycles. The Bertz CT molecular complexity index is 1200. The molecule has 2 N–H and O–H groups in total. The van der Waals surface area contributed by atoms with Crippen molar-refractivity contribution in [3.8, 4) is 0 Å². The van der Waals surface area contributed by atoms with Crippen LogP contribution in [-0.2, 0) is 20.9 Å². The Morgan fingerprint density at radius 3 is 2.27 bits per heavy atom. The number of aromatic nitrogens is 1. The summed E-state index contributed by atoms with van der Waals surface area (Å²) in [5.74, 6) is -1.00. The molecule has 3 aromatic carbocycles. The predicted molar refractivity (Wildman–Crippen MR) is 127 cm³/mol. The molecule has 1 amide bonds. The Kier molecular flexibility index (Phi) is 7.05. The van der Waals surface area contributed by atoms with Gasteiger partial charge >= 0.3 is 12.1 Å². The second-order valence-electron chi connectivity index (χ2n) is 7.61. The normalized spacial score (nSPS) is 12.6. The van der Waals surface area contributed by atoms with E-state index in [1.54, 1.807) is 6.92 Å². The van der Waals surface area contributed by atoms with Crippen LogP contribution in [0.15, 0.2) is 91.1 Å². The Labute approximate surface area is 192 Å². The van der Waals surface area contributed by atoms with Crippen LogP contribution in [-0.4, -0.2) is 29.7 Å². The minimum absolute atomic E-state index is 0.102. The molecule has 0 unspecified atom stereocenters. The third-order valence-corrected chi connectivity index (χ3v) is 5.47. The first kappa shape index (κ1) is 22.1. The summed E-state index contributed by atoms with van der Waals surface area (Å²) in [6.07, 6.45) is 1.20. The summed E-state index contributed by atoms with van der Waals surface area (Å²) in [4.78, 5) is 29.1. The zero-order valence-corrected chi connectivity index (χ0v) is 18.4. The molecule has 1 heterocycles. The first-order valence-corrected chi connectivity index (χ1v) is 10.9. The lowest BCUT2D eigenvalue weighted by Gasteiger charge is -2.26. The molecule has 6 heteroatoms. The van der Waals surface area contributed by atoms with Gasteiger partial charge in [0.2, 0.25) is 0 Å². The van der Waals surface area contributed by atoms with Gasteiger partial charge in [0, 0.05) is 23.0 Å². The van der Waals surface area contributed by atoms with Crippen LogP contribution in [0.25, 0.3) is 10.9 Å². The van der Waals surface area contributed by atoms with Gasteiger partial charge < -0.3 is 19.8 Å². The molecular formula is C27H26N2O4. The summed E-state index contributed by atoms with van der Waals surface area (Å²) in [7, 11) is 0. The molecule has 4 rings (SSSR count). The topological polar surface area (TPSA) is 80.4 Å². The van der Waals surface area contributed by atoms with E-state index in [1.165, 1.54) is 0 Å². The summed E-state index contributed by atoms with van der Waals surface area (Å²) in [5.41, 5.74) is 3.57. The number of esters is 1. The smallest absolute Gasteiger partial charge is 0.408 e. The maximum Gasteiger partial charge on any atom is 0.408 e. The quantitative estimate of drug-likeness (QED) is 0.370. The second-order valence-corrected chi connectivity index (χ2v) is 7.61. The number of rotatable bonds is 8. The van der Waals surface area contributed by atoms with Crippen LogP contribution < -0.4 is 5.32 Å². The van der Waals surface area contributed by atoms with Crippen molar-refractivity contribution in [1.29, 1.82) is 0 Å². The van der Waals surface area contributed by atoms with Crippen LogP contribution >= 0.6 is 0 Å². The largest absolute Gasteiger partial charge is 0.464 e. The number of fused-ring (bicyclic) bond motifs is 1. The monoisotopic (exact) mass is 442 g/mol. The molecule has 0 aliphatic rings. The van der Waals surface area contributed by atoms with Gasteiger partial charge in [0.15, 0.2) is 0 Å². The van der Waals surface area contributed by atoms with Gasteiger partial charge in [-0.1, -0.05) is 78.9 Å². The van der Waals surface area contributed by atoms with Crippen molar-refractivity contribution in [3.05, 3.63) is 108 Å². The molecule has 4 aromatic rings. The summed E-state index contributed by atoms with van der Waals surface area (Å²) < 4.78 is 10.8. The number of carbonyl (C=O) groups is 2. The van der Waals surface area contributed by atoms with Crippen LogP contribution in [0.4, 0.5) is 4.79 Å². The van der Waals surface area contributed by atoms with Crippen LogP contribution in [0, 0.1) is 0 Å². The number of alkyl carbamates (subject to hydrolysis) is 1. The number of nitrogens with one attached hydrogen (secondary N) is 2. The molecule has 0 aliphatic heterocycles. The third-order valence-electron chi connectivity index (χ3n) is 5.47. The number of hydrogen-bond donors (Lipinski definition) is 2. The van der Waals surface area contributed by atoms with E-state index in [4.69, 9.17) is 9.47 Å². The first-order valence-electron chi connectivity index (χ1n) is 10.9. The molecule has 168 valence electrons. The molecule has 33 heavy (non-hydrogen) atoms. The average Bonchev–Trinajstić information content (AvgIpc) is 3.28. The molecule has 0 bridgehead atoms. The van der Waals surface area contributed by atoms with E-state index in [-0.39, 0.29) is 13.2 Å². The van der Waals surface area contributed by atoms with Crippen LogP contribution in [0.2, 0.25) is 0 Å². The molecular weight excluding hydrogens is 416 g/mol. The van der Waals surface area contributed by atoms with Gasteiger partial charge in [-0.15, -0.1) is 0 Å². The minimum atomic E-state index is -0.977. The maximum absolute atomic E-state index is 13.1. The van der Waals surface area contributed by atoms with Gasteiger partial charge in [-0.25, -0.2) is 9.59 Å². The molecule has 0 fully saturated rings. The standard InChI is InChI=1S/C27H26N2O4/c1-2-32-26(30)25(29-27(31)33-18-19-11-5-3-6-12-19)24(20-13-7-4-8-14-20)22-17-28-23-16-10-9-15-21(22)23/h3-17,24-25,28H,2,18H2,1H3,(H,29,31)/t24-,25-/m0/s1. The Morgan fingerprint density at radius 2 is 1.55 bits per heavy atom. The van der Waals surface area contributed by atoms with Crippen molar-refractivity contribution in [1.82, 2.24) is 10.3 Å². The number of hydrogen-bond acceptors (Lipinski definition) is 4. The van der Waals surface area contributed by atoms with E-state index < -0.39 is 24.0 Å². The number of aromatic amines is 1. The molecule has 1 aromatic heterocycles. The highest BCUT2D eigenvalue weighted by molar-refractivity contribution is 5.88. The van der Waals surface area contributed by atoms with E-state index in [0.29, 0.717) is 0 Å². The molecule has 0 radical (unpaired) electrons. The highest BCUT2D eigenvalue weighted by atomic mass is 16.6. The van der Waals surface area contributed by atoms with Crippen molar-refractivity contribution in [3.63, 3.8) is 0 Å². The van der Waals surface area contributed by atoms with Gasteiger partial charge in [-0.2, -0.15) is 0 Å². The fourth-order valence-corrected chi connectivity index (χ4v) is 3.97. The first-order chi connectivity index (χ1) is 16.2. The zero-order chi connectivity index (χ0) is 23.0. The summed E-state index contributed by atoms with van der Waals surface area (Å²) >= 11 is 0. The van der Waals surface area contributed by atoms with Gasteiger partial charge in [0.1, 0.15) is 12.6 Å². The lowest BCUT2D eigenvalue weighted by Crippen LogP contribution is -2.46. The number of H-pyrrole nitrogens is 1. The summed E-state index contributed by atoms with van der Waals surface area (Å²) in [6, 6.07) is 25.9. The summed E-state index contributed by atoms with van der Waals surface area (Å²) in [6.45, 7) is 2.04. The Hall–Kier alpha value is -4.06. The van der Waals surface area contributed by atoms with E-state index in [1.807, 2.05) is 91.1 Å². The van der Waals surface area contributed by atoms with Gasteiger partial charge in [0.05, 0.1) is 6.61 Å². The SMILES string of the molecule is CCOC(=O)[C@@H](NC(=O)OCc1ccccc1)[C@@H](c1ccccc1)c1c[nH]c2ccccc12. The Morgan fingerprint density at radius 1 is 0.879 bits per heavy atom. The molecule has 0 saturated carbocycles. The van der Waals surface area contributed by atoms with Gasteiger partial charge in [0.25, 0.3) is 0 Å². The number of benzene rings is 3. The van der Waals surface area contributed by atoms with Crippen molar-refractivity contribution in [2.45, 2.75) is 25.5 Å². The van der Waals surface area contributed by atoms with Crippen molar-refractivity contribution >= 4 is 23.0 Å². The summed E-state index contributed by atoms with van der Waals surface area (Å²) in [5, 5.41) is 3.75. The molecule has 0 saturated heterocycles. The minimum Gasteiger partial charge on any atom is -0.464 e. The van der Waals surface area contributed by atoms with Crippen molar-refractivity contribution < 1.29 is 19.1 Å². The lowest BCUT2D eigenvalue weighted by atomic mass is 9.84. The number of para-hydroxylation sites is 1. The molecule has 6 nitrogen and oxygen atoms in total. The van der Waals surface area contributed by atoms with Crippen LogP contribution in [0.1, 0.15) is 29.5 Å². The van der Waals surface area contributed by atoms with E-state index in [0.717, 1.165) is 27.6 Å². The number of amides is 1. The third kappa shape index (κ3) is 5.23. The lowest BCUT2D eigenvalue weighted by molar-refractivity contribution is -0.145. The van der Waals surface area contributed by atoms with Gasteiger partial charge in [-0.3, -0.25) is 0 Å².